The van der Waals surface area contributed by atoms with Crippen LogP contribution in [0.25, 0.3) is 11.2 Å². The molecule has 0 bridgehead atoms. The molecule has 0 aromatic carbocycles. The molecule has 3 heterocycles. The number of aromatic amines is 1. The molecule has 10 nitrogen and oxygen atoms in total. The van der Waals surface area contributed by atoms with E-state index in [1.165, 1.54) is 0 Å². The monoisotopic (exact) mass is 423 g/mol. The Morgan fingerprint density at radius 3 is 2.79 bits per heavy atom. The number of ether oxygens (including phenoxy) is 2. The van der Waals surface area contributed by atoms with Crippen molar-refractivity contribution in [2.45, 2.75) is 69.5 Å². The van der Waals surface area contributed by atoms with Crippen molar-refractivity contribution in [2.24, 2.45) is 0 Å². The second-order valence-electron chi connectivity index (χ2n) is 7.49. The highest BCUT2D eigenvalue weighted by atomic mass is 32.1. The third kappa shape index (κ3) is 3.51. The van der Waals surface area contributed by atoms with E-state index in [0.717, 1.165) is 25.7 Å². The van der Waals surface area contributed by atoms with Crippen LogP contribution in [0.2, 0.25) is 0 Å². The summed E-state index contributed by atoms with van der Waals surface area (Å²) in [6.07, 6.45) is 0.539. The van der Waals surface area contributed by atoms with Crippen LogP contribution < -0.4 is 11.3 Å². The fourth-order valence-electron chi connectivity index (χ4n) is 4.18. The standard InChI is InChI=1S/C18H25N5O5S/c1-2-10(24)28-13-12(25)9(7-29)27-17(13)23-14(8-5-3-4-6-8)20-11-15(23)21-18(19)22-16(11)26/h8-9,12-13,17,25,29H,2-7H2,1H3,(H3,19,21,22,26)/t9-,12-,13-,17-/m1/s1. The molecule has 4 N–H and O–H groups in total. The molecule has 2 fully saturated rings. The molecule has 1 saturated carbocycles. The number of nitrogens with one attached hydrogen (secondary N) is 1. The molecule has 0 radical (unpaired) electrons. The smallest absolute Gasteiger partial charge is 0.306 e. The average molecular weight is 423 g/mol. The third-order valence-electron chi connectivity index (χ3n) is 5.62. The summed E-state index contributed by atoms with van der Waals surface area (Å²) in [6.45, 7) is 1.67. The molecule has 29 heavy (non-hydrogen) atoms. The maximum absolute atomic E-state index is 12.4. The Kier molecular flexibility index (Phi) is 5.54. The van der Waals surface area contributed by atoms with E-state index in [2.05, 4.69) is 27.6 Å². The number of aliphatic hydroxyl groups excluding tert-OH is 1. The zero-order valence-corrected chi connectivity index (χ0v) is 17.0. The maximum Gasteiger partial charge on any atom is 0.306 e. The summed E-state index contributed by atoms with van der Waals surface area (Å²) in [5.41, 5.74) is 5.73. The number of thiol groups is 1. The summed E-state index contributed by atoms with van der Waals surface area (Å²) >= 11 is 4.25. The number of imidazole rings is 1. The zero-order valence-electron chi connectivity index (χ0n) is 16.1. The van der Waals surface area contributed by atoms with E-state index >= 15 is 0 Å². The van der Waals surface area contributed by atoms with Gasteiger partial charge in [-0.15, -0.1) is 0 Å². The Hall–Kier alpha value is -2.11. The second-order valence-corrected chi connectivity index (χ2v) is 7.86. The van der Waals surface area contributed by atoms with Crippen molar-refractivity contribution in [3.63, 3.8) is 0 Å². The van der Waals surface area contributed by atoms with Gasteiger partial charge in [-0.3, -0.25) is 19.1 Å². The third-order valence-corrected chi connectivity index (χ3v) is 5.98. The summed E-state index contributed by atoms with van der Waals surface area (Å²) in [4.78, 5) is 35.8. The molecule has 0 unspecified atom stereocenters. The van der Waals surface area contributed by atoms with Gasteiger partial charge in [0.2, 0.25) is 5.95 Å². The van der Waals surface area contributed by atoms with E-state index < -0.39 is 36.1 Å². The number of aromatic nitrogens is 4. The van der Waals surface area contributed by atoms with Crippen molar-refractivity contribution in [3.05, 3.63) is 16.2 Å². The van der Waals surface area contributed by atoms with Gasteiger partial charge in [0, 0.05) is 18.1 Å². The van der Waals surface area contributed by atoms with Crippen molar-refractivity contribution in [1.82, 2.24) is 19.5 Å². The number of carbonyl (C=O) groups excluding carboxylic acids is 1. The van der Waals surface area contributed by atoms with Crippen molar-refractivity contribution in [3.8, 4) is 0 Å². The molecule has 2 aromatic rings. The minimum absolute atomic E-state index is 0.0481. The maximum atomic E-state index is 12.4. The molecule has 1 aliphatic heterocycles. The summed E-state index contributed by atoms with van der Waals surface area (Å²) in [7, 11) is 0. The number of nitrogens with two attached hydrogens (primary N) is 1. The van der Waals surface area contributed by atoms with Crippen LogP contribution in [0.1, 0.15) is 57.0 Å². The lowest BCUT2D eigenvalue weighted by molar-refractivity contribution is -0.158. The van der Waals surface area contributed by atoms with Gasteiger partial charge < -0.3 is 20.3 Å². The number of carbonyl (C=O) groups is 1. The molecule has 4 rings (SSSR count). The van der Waals surface area contributed by atoms with Crippen molar-refractivity contribution < 1.29 is 19.4 Å². The first-order valence-electron chi connectivity index (χ1n) is 9.86. The van der Waals surface area contributed by atoms with Gasteiger partial charge in [0.1, 0.15) is 11.9 Å². The highest BCUT2D eigenvalue weighted by Gasteiger charge is 2.48. The van der Waals surface area contributed by atoms with Gasteiger partial charge in [-0.05, 0) is 12.8 Å². The van der Waals surface area contributed by atoms with E-state index in [0.29, 0.717) is 5.82 Å². The summed E-state index contributed by atoms with van der Waals surface area (Å²) < 4.78 is 13.2. The predicted octanol–water partition coefficient (Wildman–Crippen LogP) is 0.869. The van der Waals surface area contributed by atoms with Crippen LogP contribution in [0.3, 0.4) is 0 Å². The normalized spacial score (nSPS) is 27.7. The topological polar surface area (TPSA) is 145 Å². The fraction of sp³-hybridized carbons (Fsp3) is 0.667. The molecule has 2 aromatic heterocycles. The number of nitrogens with zero attached hydrogens (tertiary/aromatic N) is 3. The Balaban J connectivity index is 1.88. The molecule has 2 aliphatic rings. The van der Waals surface area contributed by atoms with Crippen LogP contribution in [-0.4, -0.2) is 54.7 Å². The molecule has 11 heteroatoms. The van der Waals surface area contributed by atoms with Gasteiger partial charge in [0.25, 0.3) is 5.56 Å². The lowest BCUT2D eigenvalue weighted by atomic mass is 10.1. The van der Waals surface area contributed by atoms with E-state index in [4.69, 9.17) is 15.2 Å². The number of fused-ring (bicyclic) bond motifs is 1. The summed E-state index contributed by atoms with van der Waals surface area (Å²) in [6, 6.07) is 0. The first kappa shape index (κ1) is 20.2. The van der Waals surface area contributed by atoms with Gasteiger partial charge in [-0.25, -0.2) is 4.98 Å². The number of hydrogen-bond donors (Lipinski definition) is 4. The molecule has 1 saturated heterocycles. The molecule has 0 amide bonds. The van der Waals surface area contributed by atoms with Gasteiger partial charge in [0.05, 0.1) is 6.10 Å². The number of rotatable bonds is 5. The lowest BCUT2D eigenvalue weighted by Gasteiger charge is -2.24. The number of anilines is 1. The molecule has 0 spiro atoms. The first-order valence-corrected chi connectivity index (χ1v) is 10.5. The molecular formula is C18H25N5O5S. The van der Waals surface area contributed by atoms with Crippen LogP contribution in [0.5, 0.6) is 0 Å². The Morgan fingerprint density at radius 1 is 1.41 bits per heavy atom. The number of aliphatic hydroxyl groups is 1. The number of esters is 1. The zero-order chi connectivity index (χ0) is 20.7. The molecule has 1 aliphatic carbocycles. The average Bonchev–Trinajstić information content (AvgIpc) is 3.40. The van der Waals surface area contributed by atoms with Crippen molar-refractivity contribution in [2.75, 3.05) is 11.5 Å². The predicted molar refractivity (Wildman–Crippen MR) is 108 cm³/mol. The number of nitrogen functional groups attached to an aromatic ring is 1. The van der Waals surface area contributed by atoms with Crippen LogP contribution in [0.15, 0.2) is 4.79 Å². The SMILES string of the molecule is CCC(=O)O[C@@H]1[C@H](O)[C@@H](CS)O[C@H]1n1c(C2CCCC2)nc2c(=O)[nH]c(N)nc21. The summed E-state index contributed by atoms with van der Waals surface area (Å²) in [5.74, 6) is 0.478. The van der Waals surface area contributed by atoms with Crippen molar-refractivity contribution in [1.29, 1.82) is 0 Å². The van der Waals surface area contributed by atoms with E-state index in [1.54, 1.807) is 11.5 Å². The first-order chi connectivity index (χ1) is 13.9. The molecule has 4 atom stereocenters. The highest BCUT2D eigenvalue weighted by molar-refractivity contribution is 7.80. The Labute approximate surface area is 172 Å². The Bertz CT molecular complexity index is 969. The fourth-order valence-corrected chi connectivity index (χ4v) is 4.48. The van der Waals surface area contributed by atoms with E-state index in [9.17, 15) is 14.7 Å². The highest BCUT2D eigenvalue weighted by Crippen LogP contribution is 2.40. The number of H-pyrrole nitrogens is 1. The van der Waals surface area contributed by atoms with Gasteiger partial charge >= 0.3 is 5.97 Å². The quantitative estimate of drug-likeness (QED) is 0.409. The molecular weight excluding hydrogens is 398 g/mol. The van der Waals surface area contributed by atoms with Crippen LogP contribution in [0, 0.1) is 0 Å². The number of hydrogen-bond acceptors (Lipinski definition) is 9. The van der Waals surface area contributed by atoms with E-state index in [1.807, 2.05) is 0 Å². The minimum Gasteiger partial charge on any atom is -0.455 e. The van der Waals surface area contributed by atoms with Gasteiger partial charge in [-0.1, -0.05) is 19.8 Å². The second kappa shape index (κ2) is 7.96. The van der Waals surface area contributed by atoms with Crippen LogP contribution in [0.4, 0.5) is 5.95 Å². The Morgan fingerprint density at radius 2 is 2.14 bits per heavy atom. The van der Waals surface area contributed by atoms with Gasteiger partial charge in [0.15, 0.2) is 23.5 Å². The van der Waals surface area contributed by atoms with Crippen LogP contribution >= 0.6 is 12.6 Å². The summed E-state index contributed by atoms with van der Waals surface area (Å²) in [5, 5.41) is 10.7. The van der Waals surface area contributed by atoms with Crippen molar-refractivity contribution >= 4 is 35.7 Å². The van der Waals surface area contributed by atoms with Crippen LogP contribution in [-0.2, 0) is 14.3 Å². The minimum atomic E-state index is -1.07. The largest absolute Gasteiger partial charge is 0.455 e. The molecule has 158 valence electrons. The van der Waals surface area contributed by atoms with E-state index in [-0.39, 0.29) is 35.2 Å². The van der Waals surface area contributed by atoms with Gasteiger partial charge in [-0.2, -0.15) is 17.6 Å². The lowest BCUT2D eigenvalue weighted by Crippen LogP contribution is -2.36.